The number of anilines is 1. The van der Waals surface area contributed by atoms with Crippen LogP contribution in [0.5, 0.6) is 0 Å². The molecule has 1 aliphatic rings. The van der Waals surface area contributed by atoms with Gasteiger partial charge >= 0.3 is 0 Å². The summed E-state index contributed by atoms with van der Waals surface area (Å²) >= 11 is 0. The number of nitrogen functional groups attached to an aromatic ring is 1. The van der Waals surface area contributed by atoms with Crippen molar-refractivity contribution in [1.29, 1.82) is 0 Å². The Kier molecular flexibility index (Phi) is 4.61. The van der Waals surface area contributed by atoms with Gasteiger partial charge in [-0.05, 0) is 24.5 Å². The number of piperidine rings is 1. The maximum Gasteiger partial charge on any atom is 0.222 e. The van der Waals surface area contributed by atoms with Crippen molar-refractivity contribution in [1.82, 2.24) is 10.2 Å². The van der Waals surface area contributed by atoms with E-state index in [2.05, 4.69) is 5.32 Å². The standard InChI is InChI=1S/C15H21N3O2/c1-18-10-12(7-9-15(18)20)17-14(19)8-6-11-4-2-3-5-13(11)16/h2-5,12H,6-10,16H2,1H3,(H,17,19). The maximum absolute atomic E-state index is 11.9. The highest BCUT2D eigenvalue weighted by molar-refractivity contribution is 5.79. The Morgan fingerprint density at radius 1 is 1.45 bits per heavy atom. The Labute approximate surface area is 119 Å². The number of hydrogen-bond donors (Lipinski definition) is 2. The van der Waals surface area contributed by atoms with Crippen LogP contribution in [0.2, 0.25) is 0 Å². The molecule has 5 heteroatoms. The molecular weight excluding hydrogens is 254 g/mol. The third kappa shape index (κ3) is 3.73. The Hall–Kier alpha value is -2.04. The normalized spacial score (nSPS) is 18.9. The van der Waals surface area contributed by atoms with E-state index >= 15 is 0 Å². The van der Waals surface area contributed by atoms with Gasteiger partial charge in [0.2, 0.25) is 11.8 Å². The molecule has 1 aromatic rings. The fourth-order valence-electron chi connectivity index (χ4n) is 2.44. The van der Waals surface area contributed by atoms with E-state index < -0.39 is 0 Å². The number of benzene rings is 1. The zero-order chi connectivity index (χ0) is 14.5. The number of likely N-dealkylation sites (tertiary alicyclic amines) is 1. The Balaban J connectivity index is 1.79. The third-order valence-corrected chi connectivity index (χ3v) is 3.67. The number of nitrogens with two attached hydrogens (primary N) is 1. The number of carbonyl (C=O) groups is 2. The lowest BCUT2D eigenvalue weighted by molar-refractivity contribution is -0.134. The van der Waals surface area contributed by atoms with Crippen LogP contribution in [-0.4, -0.2) is 36.3 Å². The second kappa shape index (κ2) is 6.41. The molecule has 1 aliphatic heterocycles. The van der Waals surface area contributed by atoms with E-state index in [1.807, 2.05) is 24.3 Å². The zero-order valence-corrected chi connectivity index (χ0v) is 11.8. The highest BCUT2D eigenvalue weighted by Crippen LogP contribution is 2.13. The van der Waals surface area contributed by atoms with Crippen LogP contribution in [0, 0.1) is 0 Å². The first kappa shape index (κ1) is 14.4. The average molecular weight is 275 g/mol. The molecule has 1 heterocycles. The van der Waals surface area contributed by atoms with Gasteiger partial charge in [0.1, 0.15) is 0 Å². The lowest BCUT2D eigenvalue weighted by atomic mass is 10.0. The van der Waals surface area contributed by atoms with Crippen LogP contribution in [0.3, 0.4) is 0 Å². The monoisotopic (exact) mass is 275 g/mol. The highest BCUT2D eigenvalue weighted by atomic mass is 16.2. The number of hydrogen-bond acceptors (Lipinski definition) is 3. The van der Waals surface area contributed by atoms with Crippen molar-refractivity contribution in [3.8, 4) is 0 Å². The lowest BCUT2D eigenvalue weighted by Gasteiger charge is -2.30. The molecule has 0 bridgehead atoms. The Morgan fingerprint density at radius 2 is 2.20 bits per heavy atom. The van der Waals surface area contributed by atoms with Crippen LogP contribution in [0.15, 0.2) is 24.3 Å². The molecule has 1 saturated heterocycles. The summed E-state index contributed by atoms with van der Waals surface area (Å²) in [6.45, 7) is 0.595. The number of nitrogens with zero attached hydrogens (tertiary/aromatic N) is 1. The minimum Gasteiger partial charge on any atom is -0.399 e. The van der Waals surface area contributed by atoms with E-state index in [1.54, 1.807) is 11.9 Å². The number of likely N-dealkylation sites (N-methyl/N-ethyl adjacent to an activating group) is 1. The fourth-order valence-corrected chi connectivity index (χ4v) is 2.44. The zero-order valence-electron chi connectivity index (χ0n) is 11.8. The summed E-state index contributed by atoms with van der Waals surface area (Å²) < 4.78 is 0. The van der Waals surface area contributed by atoms with Crippen molar-refractivity contribution < 1.29 is 9.59 Å². The van der Waals surface area contributed by atoms with E-state index in [4.69, 9.17) is 5.73 Å². The first-order chi connectivity index (χ1) is 9.56. The molecule has 0 aromatic heterocycles. The molecule has 1 unspecified atom stereocenters. The number of rotatable bonds is 4. The molecule has 0 aliphatic carbocycles. The smallest absolute Gasteiger partial charge is 0.222 e. The number of amides is 2. The summed E-state index contributed by atoms with van der Waals surface area (Å²) in [5, 5.41) is 2.99. The van der Waals surface area contributed by atoms with Crippen LogP contribution in [0.25, 0.3) is 0 Å². The predicted molar refractivity (Wildman–Crippen MR) is 78.0 cm³/mol. The van der Waals surface area contributed by atoms with Gasteiger partial charge in [0.25, 0.3) is 0 Å². The topological polar surface area (TPSA) is 75.4 Å². The Bertz CT molecular complexity index is 502. The SMILES string of the molecule is CN1CC(NC(=O)CCc2ccccc2N)CCC1=O. The molecule has 108 valence electrons. The van der Waals surface area contributed by atoms with Gasteiger partial charge in [-0.25, -0.2) is 0 Å². The second-order valence-corrected chi connectivity index (χ2v) is 5.28. The Morgan fingerprint density at radius 3 is 2.90 bits per heavy atom. The lowest BCUT2D eigenvalue weighted by Crippen LogP contribution is -2.48. The number of nitrogens with one attached hydrogen (secondary N) is 1. The van der Waals surface area contributed by atoms with Crippen LogP contribution in [-0.2, 0) is 16.0 Å². The molecule has 2 rings (SSSR count). The molecular formula is C15H21N3O2. The molecule has 1 fully saturated rings. The summed E-state index contributed by atoms with van der Waals surface area (Å²) in [6.07, 6.45) is 2.29. The number of para-hydroxylation sites is 1. The minimum absolute atomic E-state index is 0.0148. The van der Waals surface area contributed by atoms with E-state index in [9.17, 15) is 9.59 Å². The third-order valence-electron chi connectivity index (χ3n) is 3.67. The molecule has 1 atom stereocenters. The average Bonchev–Trinajstić information content (AvgIpc) is 2.42. The van der Waals surface area contributed by atoms with Gasteiger partial charge in [-0.1, -0.05) is 18.2 Å². The highest BCUT2D eigenvalue weighted by Gasteiger charge is 2.23. The minimum atomic E-state index is 0.0148. The second-order valence-electron chi connectivity index (χ2n) is 5.28. The maximum atomic E-state index is 11.9. The van der Waals surface area contributed by atoms with Crippen LogP contribution in [0.4, 0.5) is 5.69 Å². The van der Waals surface area contributed by atoms with Crippen LogP contribution in [0.1, 0.15) is 24.8 Å². The van der Waals surface area contributed by atoms with E-state index in [-0.39, 0.29) is 17.9 Å². The molecule has 0 saturated carbocycles. The quantitative estimate of drug-likeness (QED) is 0.803. The van der Waals surface area contributed by atoms with Crippen molar-refractivity contribution in [2.45, 2.75) is 31.7 Å². The van der Waals surface area contributed by atoms with Gasteiger partial charge in [0.05, 0.1) is 0 Å². The molecule has 2 amide bonds. The van der Waals surface area contributed by atoms with Crippen molar-refractivity contribution >= 4 is 17.5 Å². The summed E-state index contributed by atoms with van der Waals surface area (Å²) in [7, 11) is 1.77. The van der Waals surface area contributed by atoms with Crippen molar-refractivity contribution in [2.24, 2.45) is 0 Å². The van der Waals surface area contributed by atoms with Gasteiger partial charge in [-0.2, -0.15) is 0 Å². The first-order valence-electron chi connectivity index (χ1n) is 6.93. The summed E-state index contributed by atoms with van der Waals surface area (Å²) in [4.78, 5) is 25.0. The van der Waals surface area contributed by atoms with Crippen molar-refractivity contribution in [3.63, 3.8) is 0 Å². The fraction of sp³-hybridized carbons (Fsp3) is 0.467. The van der Waals surface area contributed by atoms with Gasteiger partial charge in [0.15, 0.2) is 0 Å². The van der Waals surface area contributed by atoms with E-state index in [0.29, 0.717) is 25.8 Å². The first-order valence-corrected chi connectivity index (χ1v) is 6.93. The summed E-state index contributed by atoms with van der Waals surface area (Å²) in [5.74, 6) is 0.161. The molecule has 0 radical (unpaired) electrons. The van der Waals surface area contributed by atoms with Gasteiger partial charge in [-0.3, -0.25) is 9.59 Å². The molecule has 3 N–H and O–H groups in total. The largest absolute Gasteiger partial charge is 0.399 e. The van der Waals surface area contributed by atoms with Crippen LogP contribution < -0.4 is 11.1 Å². The van der Waals surface area contributed by atoms with Gasteiger partial charge < -0.3 is 16.0 Å². The van der Waals surface area contributed by atoms with Gasteiger partial charge in [-0.15, -0.1) is 0 Å². The summed E-state index contributed by atoms with van der Waals surface area (Å²) in [6, 6.07) is 7.65. The van der Waals surface area contributed by atoms with E-state index in [1.165, 1.54) is 0 Å². The number of aryl methyl sites for hydroxylation is 1. The molecule has 1 aromatic carbocycles. The summed E-state index contributed by atoms with van der Waals surface area (Å²) in [5.41, 5.74) is 7.57. The van der Waals surface area contributed by atoms with E-state index in [0.717, 1.165) is 17.7 Å². The van der Waals surface area contributed by atoms with Crippen molar-refractivity contribution in [2.75, 3.05) is 19.3 Å². The number of carbonyl (C=O) groups excluding carboxylic acids is 2. The predicted octanol–water partition coefficient (Wildman–Crippen LogP) is 0.938. The van der Waals surface area contributed by atoms with Gasteiger partial charge in [0, 0.05) is 38.2 Å². The molecule has 5 nitrogen and oxygen atoms in total. The van der Waals surface area contributed by atoms with Crippen LogP contribution >= 0.6 is 0 Å². The molecule has 0 spiro atoms. The molecule has 20 heavy (non-hydrogen) atoms. The van der Waals surface area contributed by atoms with Crippen molar-refractivity contribution in [3.05, 3.63) is 29.8 Å².